The second-order valence-electron chi connectivity index (χ2n) is 8.59. The van der Waals surface area contributed by atoms with Crippen molar-refractivity contribution in [3.8, 4) is 5.88 Å². The lowest BCUT2D eigenvalue weighted by Crippen LogP contribution is -2.47. The van der Waals surface area contributed by atoms with E-state index in [4.69, 9.17) is 4.74 Å². The van der Waals surface area contributed by atoms with Gasteiger partial charge in [0.05, 0.1) is 18.5 Å². The molecule has 7 nitrogen and oxygen atoms in total. The van der Waals surface area contributed by atoms with E-state index in [-0.39, 0.29) is 6.03 Å². The molecule has 2 aromatic rings. The Kier molecular flexibility index (Phi) is 4.82. The first-order valence-electron chi connectivity index (χ1n) is 10.8. The van der Waals surface area contributed by atoms with Crippen LogP contribution in [0.2, 0.25) is 0 Å². The topological polar surface area (TPSA) is 71.8 Å². The van der Waals surface area contributed by atoms with Gasteiger partial charge in [0.2, 0.25) is 5.88 Å². The number of nitrogens with one attached hydrogen (secondary N) is 1. The number of nitrogens with zero attached hydrogens (tertiary/aromatic N) is 4. The van der Waals surface area contributed by atoms with E-state index in [2.05, 4.69) is 15.4 Å². The lowest BCUT2D eigenvalue weighted by molar-refractivity contribution is 0.141. The highest BCUT2D eigenvalue weighted by Crippen LogP contribution is 2.39. The summed E-state index contributed by atoms with van der Waals surface area (Å²) >= 11 is 0. The maximum absolute atomic E-state index is 12.4. The fraction of sp³-hybridized carbons (Fsp3) is 0.667. The number of fused-ring (bicyclic) bond motifs is 1. The Labute approximate surface area is 165 Å². The number of piperidine rings is 1. The number of likely N-dealkylation sites (tertiary alicyclic amines) is 1. The van der Waals surface area contributed by atoms with E-state index in [1.54, 1.807) is 0 Å². The highest BCUT2D eigenvalue weighted by atomic mass is 16.5. The number of carbonyl (C=O) groups excluding carboxylic acids is 1. The van der Waals surface area contributed by atoms with Crippen molar-refractivity contribution in [1.29, 1.82) is 0 Å². The van der Waals surface area contributed by atoms with Crippen LogP contribution in [0.4, 0.5) is 4.79 Å². The molecule has 3 fully saturated rings. The van der Waals surface area contributed by atoms with Crippen LogP contribution in [-0.4, -0.2) is 51.3 Å². The number of imidazole rings is 1. The van der Waals surface area contributed by atoms with E-state index >= 15 is 0 Å². The Bertz CT molecular complexity index is 832. The molecule has 1 aliphatic heterocycles. The van der Waals surface area contributed by atoms with Gasteiger partial charge < -0.3 is 15.0 Å². The molecule has 0 aromatic carbocycles. The summed E-state index contributed by atoms with van der Waals surface area (Å²) < 4.78 is 7.80. The van der Waals surface area contributed by atoms with Crippen molar-refractivity contribution in [2.24, 2.45) is 5.92 Å². The third kappa shape index (κ3) is 3.93. The molecule has 2 amide bonds. The largest absolute Gasteiger partial charge is 0.476 e. The zero-order valence-corrected chi connectivity index (χ0v) is 16.3. The van der Waals surface area contributed by atoms with Crippen LogP contribution in [0.3, 0.4) is 0 Å². The fourth-order valence-corrected chi connectivity index (χ4v) is 4.38. The molecular weight excluding hydrogens is 354 g/mol. The molecule has 0 radical (unpaired) electrons. The fourth-order valence-electron chi connectivity index (χ4n) is 4.38. The standard InChI is InChI=1S/C21H29N5O2/c27-21(22-17-3-1-2-4-17)25-11-9-15(10-12-25)14-28-20-8-7-19-23-18(16-5-6-16)13-26(19)24-20/h7-8,13,15-17H,1-6,9-12,14H2,(H,22,27). The number of hydrogen-bond donors (Lipinski definition) is 1. The predicted octanol–water partition coefficient (Wildman–Crippen LogP) is 3.35. The lowest BCUT2D eigenvalue weighted by Gasteiger charge is -2.32. The van der Waals surface area contributed by atoms with Crippen molar-refractivity contribution in [2.75, 3.05) is 19.7 Å². The summed E-state index contributed by atoms with van der Waals surface area (Å²) in [5.41, 5.74) is 2.03. The van der Waals surface area contributed by atoms with E-state index < -0.39 is 0 Å². The molecule has 1 N–H and O–H groups in total. The molecule has 28 heavy (non-hydrogen) atoms. The van der Waals surface area contributed by atoms with Gasteiger partial charge in [-0.3, -0.25) is 0 Å². The van der Waals surface area contributed by atoms with Crippen molar-refractivity contribution < 1.29 is 9.53 Å². The van der Waals surface area contributed by atoms with Crippen molar-refractivity contribution >= 4 is 11.7 Å². The van der Waals surface area contributed by atoms with Gasteiger partial charge in [0.25, 0.3) is 0 Å². The quantitative estimate of drug-likeness (QED) is 0.859. The molecule has 1 saturated heterocycles. The predicted molar refractivity (Wildman–Crippen MR) is 106 cm³/mol. The molecule has 2 saturated carbocycles. The molecule has 150 valence electrons. The molecule has 7 heteroatoms. The van der Waals surface area contributed by atoms with Crippen LogP contribution in [0.1, 0.15) is 63.0 Å². The van der Waals surface area contributed by atoms with Gasteiger partial charge in [0, 0.05) is 31.1 Å². The first-order valence-corrected chi connectivity index (χ1v) is 10.8. The third-order valence-electron chi connectivity index (χ3n) is 6.36. The van der Waals surface area contributed by atoms with Crippen molar-refractivity contribution in [2.45, 2.75) is 63.3 Å². The summed E-state index contributed by atoms with van der Waals surface area (Å²) in [7, 11) is 0. The summed E-state index contributed by atoms with van der Waals surface area (Å²) in [6.45, 7) is 2.28. The maximum atomic E-state index is 12.4. The van der Waals surface area contributed by atoms with Gasteiger partial charge in [-0.15, -0.1) is 5.10 Å². The minimum atomic E-state index is 0.116. The van der Waals surface area contributed by atoms with Crippen LogP contribution in [0, 0.1) is 5.92 Å². The first-order chi connectivity index (χ1) is 13.7. The zero-order chi connectivity index (χ0) is 18.9. The summed E-state index contributed by atoms with van der Waals surface area (Å²) in [4.78, 5) is 19.0. The molecule has 3 aliphatic rings. The van der Waals surface area contributed by atoms with Crippen LogP contribution in [-0.2, 0) is 0 Å². The molecular formula is C21H29N5O2. The van der Waals surface area contributed by atoms with E-state index in [0.717, 1.165) is 50.1 Å². The van der Waals surface area contributed by atoms with Gasteiger partial charge in [-0.25, -0.2) is 14.3 Å². The summed E-state index contributed by atoms with van der Waals surface area (Å²) in [5.74, 6) is 1.74. The molecule has 0 spiro atoms. The molecule has 2 aliphatic carbocycles. The van der Waals surface area contributed by atoms with Gasteiger partial charge in [-0.2, -0.15) is 0 Å². The van der Waals surface area contributed by atoms with Crippen LogP contribution < -0.4 is 10.1 Å². The average molecular weight is 383 g/mol. The van der Waals surface area contributed by atoms with Crippen molar-refractivity contribution in [1.82, 2.24) is 24.8 Å². The van der Waals surface area contributed by atoms with E-state index in [9.17, 15) is 4.79 Å². The number of aromatic nitrogens is 3. The first kappa shape index (κ1) is 17.8. The zero-order valence-electron chi connectivity index (χ0n) is 16.3. The van der Waals surface area contributed by atoms with E-state index in [1.165, 1.54) is 25.7 Å². The second-order valence-corrected chi connectivity index (χ2v) is 8.59. The van der Waals surface area contributed by atoms with Gasteiger partial charge >= 0.3 is 6.03 Å². The Morgan fingerprint density at radius 1 is 1.11 bits per heavy atom. The SMILES string of the molecule is O=C(NC1CCCC1)N1CCC(COc2ccc3nc(C4CC4)cn3n2)CC1. The summed E-state index contributed by atoms with van der Waals surface area (Å²) in [6, 6.07) is 4.39. The van der Waals surface area contributed by atoms with Crippen LogP contribution in [0.5, 0.6) is 5.88 Å². The molecule has 5 rings (SSSR count). The summed E-state index contributed by atoms with van der Waals surface area (Å²) in [5, 5.41) is 7.74. The smallest absolute Gasteiger partial charge is 0.317 e. The molecule has 0 bridgehead atoms. The molecule has 3 heterocycles. The van der Waals surface area contributed by atoms with Gasteiger partial charge in [0.15, 0.2) is 5.65 Å². The van der Waals surface area contributed by atoms with E-state index in [0.29, 0.717) is 30.4 Å². The average Bonchev–Trinajstić information content (AvgIpc) is 3.28. The number of amides is 2. The van der Waals surface area contributed by atoms with Gasteiger partial charge in [-0.05, 0) is 50.5 Å². The minimum absolute atomic E-state index is 0.116. The second kappa shape index (κ2) is 7.60. The summed E-state index contributed by atoms with van der Waals surface area (Å²) in [6.07, 6.45) is 11.2. The Morgan fingerprint density at radius 2 is 1.89 bits per heavy atom. The Hall–Kier alpha value is -2.31. The molecule has 2 aromatic heterocycles. The normalized spacial score (nSPS) is 21.4. The molecule has 0 atom stereocenters. The van der Waals surface area contributed by atoms with Crippen LogP contribution in [0.25, 0.3) is 5.65 Å². The Morgan fingerprint density at radius 3 is 2.64 bits per heavy atom. The van der Waals surface area contributed by atoms with Gasteiger partial charge in [-0.1, -0.05) is 12.8 Å². The van der Waals surface area contributed by atoms with Crippen molar-refractivity contribution in [3.05, 3.63) is 24.0 Å². The van der Waals surface area contributed by atoms with Crippen LogP contribution >= 0.6 is 0 Å². The molecule has 0 unspecified atom stereocenters. The monoisotopic (exact) mass is 383 g/mol. The number of hydrogen-bond acceptors (Lipinski definition) is 4. The number of carbonyl (C=O) groups is 1. The minimum Gasteiger partial charge on any atom is -0.476 e. The van der Waals surface area contributed by atoms with Crippen LogP contribution in [0.15, 0.2) is 18.3 Å². The van der Waals surface area contributed by atoms with Crippen molar-refractivity contribution in [3.63, 3.8) is 0 Å². The highest BCUT2D eigenvalue weighted by molar-refractivity contribution is 5.74. The number of rotatable bonds is 5. The number of ether oxygens (including phenoxy) is 1. The highest BCUT2D eigenvalue weighted by Gasteiger charge is 2.27. The Balaban J connectivity index is 1.10. The lowest BCUT2D eigenvalue weighted by atomic mass is 9.98. The maximum Gasteiger partial charge on any atom is 0.317 e. The number of urea groups is 1. The van der Waals surface area contributed by atoms with Gasteiger partial charge in [0.1, 0.15) is 0 Å². The third-order valence-corrected chi connectivity index (χ3v) is 6.36. The van der Waals surface area contributed by atoms with E-state index in [1.807, 2.05) is 27.7 Å².